The third-order valence-corrected chi connectivity index (χ3v) is 4.68. The molecule has 142 valence electrons. The van der Waals surface area contributed by atoms with Crippen molar-refractivity contribution in [1.29, 1.82) is 0 Å². The monoisotopic (exact) mass is 370 g/mol. The van der Waals surface area contributed by atoms with Crippen LogP contribution in [0.2, 0.25) is 0 Å². The molecule has 0 atom stereocenters. The number of benzene rings is 2. The van der Waals surface area contributed by atoms with E-state index in [0.717, 1.165) is 19.3 Å². The minimum Gasteiger partial charge on any atom is -0.496 e. The van der Waals surface area contributed by atoms with Crippen molar-refractivity contribution in [2.45, 2.75) is 19.3 Å². The van der Waals surface area contributed by atoms with Gasteiger partial charge in [0.15, 0.2) is 23.9 Å². The van der Waals surface area contributed by atoms with Gasteiger partial charge in [-0.3, -0.25) is 4.79 Å². The molecule has 0 N–H and O–H groups in total. The SMILES string of the molecule is COc1cc(OC)c(C(=O)OCC(=O)c2ccc3c(c2)CCC3)cc1OC. The van der Waals surface area contributed by atoms with E-state index in [1.165, 1.54) is 44.6 Å². The molecule has 0 amide bonds. The smallest absolute Gasteiger partial charge is 0.342 e. The van der Waals surface area contributed by atoms with Crippen molar-refractivity contribution in [3.63, 3.8) is 0 Å². The number of ether oxygens (including phenoxy) is 4. The topological polar surface area (TPSA) is 71.1 Å². The lowest BCUT2D eigenvalue weighted by Crippen LogP contribution is -2.15. The van der Waals surface area contributed by atoms with Crippen LogP contribution in [0.3, 0.4) is 0 Å². The van der Waals surface area contributed by atoms with E-state index in [9.17, 15) is 9.59 Å². The van der Waals surface area contributed by atoms with Crippen LogP contribution in [-0.4, -0.2) is 39.7 Å². The number of Topliss-reactive ketones (excluding diaryl/α,β-unsaturated/α-hetero) is 1. The van der Waals surface area contributed by atoms with Gasteiger partial charge >= 0.3 is 5.97 Å². The van der Waals surface area contributed by atoms with Gasteiger partial charge in [0.25, 0.3) is 0 Å². The van der Waals surface area contributed by atoms with Crippen molar-refractivity contribution < 1.29 is 28.5 Å². The largest absolute Gasteiger partial charge is 0.496 e. The molecule has 0 heterocycles. The Morgan fingerprint density at radius 2 is 1.52 bits per heavy atom. The van der Waals surface area contributed by atoms with Crippen molar-refractivity contribution in [1.82, 2.24) is 0 Å². The second-order valence-corrected chi connectivity index (χ2v) is 6.24. The van der Waals surface area contributed by atoms with Gasteiger partial charge in [0.2, 0.25) is 0 Å². The van der Waals surface area contributed by atoms with E-state index in [4.69, 9.17) is 18.9 Å². The van der Waals surface area contributed by atoms with E-state index in [2.05, 4.69) is 0 Å². The fraction of sp³-hybridized carbons (Fsp3) is 0.333. The van der Waals surface area contributed by atoms with Crippen molar-refractivity contribution in [2.75, 3.05) is 27.9 Å². The molecular formula is C21H22O6. The number of hydrogen-bond donors (Lipinski definition) is 0. The summed E-state index contributed by atoms with van der Waals surface area (Å²) in [4.78, 5) is 24.9. The summed E-state index contributed by atoms with van der Waals surface area (Å²) in [6.45, 7) is -0.338. The summed E-state index contributed by atoms with van der Waals surface area (Å²) >= 11 is 0. The highest BCUT2D eigenvalue weighted by molar-refractivity contribution is 6.00. The second-order valence-electron chi connectivity index (χ2n) is 6.24. The summed E-state index contributed by atoms with van der Waals surface area (Å²) in [5.74, 6) is 0.178. The van der Waals surface area contributed by atoms with Gasteiger partial charge in [0.1, 0.15) is 11.3 Å². The molecule has 0 fully saturated rings. The quantitative estimate of drug-likeness (QED) is 0.550. The Labute approximate surface area is 158 Å². The Morgan fingerprint density at radius 1 is 0.852 bits per heavy atom. The van der Waals surface area contributed by atoms with Gasteiger partial charge in [0, 0.05) is 17.7 Å². The Hall–Kier alpha value is -3.02. The normalized spacial score (nSPS) is 12.3. The summed E-state index contributed by atoms with van der Waals surface area (Å²) in [5, 5.41) is 0. The molecule has 1 aliphatic rings. The molecule has 0 unspecified atom stereocenters. The van der Waals surface area contributed by atoms with Crippen LogP contribution in [-0.2, 0) is 17.6 Å². The van der Waals surface area contributed by atoms with Crippen LogP contribution in [0, 0.1) is 0 Å². The molecule has 0 bridgehead atoms. The third kappa shape index (κ3) is 3.89. The molecule has 0 saturated carbocycles. The molecule has 0 radical (unpaired) electrons. The highest BCUT2D eigenvalue weighted by atomic mass is 16.5. The average molecular weight is 370 g/mol. The molecule has 6 nitrogen and oxygen atoms in total. The molecule has 0 spiro atoms. The molecule has 2 aromatic carbocycles. The lowest BCUT2D eigenvalue weighted by atomic mass is 10.0. The van der Waals surface area contributed by atoms with Crippen LogP contribution in [0.25, 0.3) is 0 Å². The fourth-order valence-corrected chi connectivity index (χ4v) is 3.23. The van der Waals surface area contributed by atoms with E-state index >= 15 is 0 Å². The standard InChI is InChI=1S/C21H22O6/c1-24-18-11-20(26-3)19(25-2)10-16(18)21(23)27-12-17(22)15-8-7-13-5-4-6-14(13)9-15/h7-11H,4-6,12H2,1-3H3. The van der Waals surface area contributed by atoms with E-state index in [1.54, 1.807) is 6.07 Å². The number of carbonyl (C=O) groups is 2. The number of fused-ring (bicyclic) bond motifs is 1. The number of ketones is 1. The van der Waals surface area contributed by atoms with Crippen LogP contribution in [0.5, 0.6) is 17.2 Å². The van der Waals surface area contributed by atoms with Crippen LogP contribution in [0.4, 0.5) is 0 Å². The average Bonchev–Trinajstić information content (AvgIpc) is 3.18. The van der Waals surface area contributed by atoms with Gasteiger partial charge in [-0.15, -0.1) is 0 Å². The number of methoxy groups -OCH3 is 3. The van der Waals surface area contributed by atoms with E-state index in [-0.39, 0.29) is 23.7 Å². The van der Waals surface area contributed by atoms with Crippen LogP contribution in [0.1, 0.15) is 38.3 Å². The summed E-state index contributed by atoms with van der Waals surface area (Å²) in [5.41, 5.74) is 3.21. The summed E-state index contributed by atoms with van der Waals surface area (Å²) in [6.07, 6.45) is 3.15. The predicted octanol–water partition coefficient (Wildman–Crippen LogP) is 3.24. The lowest BCUT2D eigenvalue weighted by Gasteiger charge is -2.13. The minimum absolute atomic E-state index is 0.164. The molecule has 27 heavy (non-hydrogen) atoms. The maximum absolute atomic E-state index is 12.5. The number of aryl methyl sites for hydroxylation is 2. The van der Waals surface area contributed by atoms with Crippen molar-refractivity contribution >= 4 is 11.8 Å². The third-order valence-electron chi connectivity index (χ3n) is 4.68. The number of esters is 1. The lowest BCUT2D eigenvalue weighted by molar-refractivity contribution is 0.0471. The van der Waals surface area contributed by atoms with E-state index in [1.807, 2.05) is 12.1 Å². The van der Waals surface area contributed by atoms with Crippen LogP contribution >= 0.6 is 0 Å². The van der Waals surface area contributed by atoms with Gasteiger partial charge < -0.3 is 18.9 Å². The van der Waals surface area contributed by atoms with Crippen LogP contribution in [0.15, 0.2) is 30.3 Å². The van der Waals surface area contributed by atoms with Gasteiger partial charge in [-0.1, -0.05) is 12.1 Å². The number of carbonyl (C=O) groups excluding carboxylic acids is 2. The Bertz CT molecular complexity index is 871. The molecule has 2 aromatic rings. The van der Waals surface area contributed by atoms with Gasteiger partial charge in [-0.2, -0.15) is 0 Å². The Kier molecular flexibility index (Phi) is 5.64. The maximum Gasteiger partial charge on any atom is 0.342 e. The molecule has 0 aromatic heterocycles. The second kappa shape index (κ2) is 8.12. The minimum atomic E-state index is -0.665. The van der Waals surface area contributed by atoms with Gasteiger partial charge in [-0.25, -0.2) is 4.79 Å². The first-order valence-corrected chi connectivity index (χ1v) is 8.69. The molecule has 6 heteroatoms. The highest BCUT2D eigenvalue weighted by Gasteiger charge is 2.21. The van der Waals surface area contributed by atoms with Crippen molar-refractivity contribution in [3.05, 3.63) is 52.6 Å². The fourth-order valence-electron chi connectivity index (χ4n) is 3.23. The van der Waals surface area contributed by atoms with E-state index in [0.29, 0.717) is 17.1 Å². The zero-order valence-corrected chi connectivity index (χ0v) is 15.7. The summed E-state index contributed by atoms with van der Waals surface area (Å²) in [6, 6.07) is 8.68. The molecular weight excluding hydrogens is 348 g/mol. The number of rotatable bonds is 7. The molecule has 0 saturated heterocycles. The van der Waals surface area contributed by atoms with Crippen molar-refractivity contribution in [3.8, 4) is 17.2 Å². The van der Waals surface area contributed by atoms with Crippen LogP contribution < -0.4 is 14.2 Å². The molecule has 1 aliphatic carbocycles. The first-order chi connectivity index (χ1) is 13.1. The zero-order chi connectivity index (χ0) is 19.4. The summed E-state index contributed by atoms with van der Waals surface area (Å²) in [7, 11) is 4.40. The predicted molar refractivity (Wildman–Crippen MR) is 99.2 cm³/mol. The maximum atomic E-state index is 12.5. The summed E-state index contributed by atoms with van der Waals surface area (Å²) < 4.78 is 20.8. The first kappa shape index (κ1) is 18.8. The Morgan fingerprint density at radius 3 is 2.22 bits per heavy atom. The highest BCUT2D eigenvalue weighted by Crippen LogP contribution is 2.35. The van der Waals surface area contributed by atoms with Gasteiger partial charge in [0.05, 0.1) is 21.3 Å². The molecule has 0 aliphatic heterocycles. The first-order valence-electron chi connectivity index (χ1n) is 8.69. The number of hydrogen-bond acceptors (Lipinski definition) is 6. The zero-order valence-electron chi connectivity index (χ0n) is 15.7. The van der Waals surface area contributed by atoms with Crippen molar-refractivity contribution in [2.24, 2.45) is 0 Å². The van der Waals surface area contributed by atoms with E-state index < -0.39 is 5.97 Å². The van der Waals surface area contributed by atoms with Gasteiger partial charge in [-0.05, 0) is 36.5 Å². The molecule has 3 rings (SSSR count). The Balaban J connectivity index is 1.73.